The minimum atomic E-state index is -0.183. The Morgan fingerprint density at radius 3 is 2.39 bits per heavy atom. The standard InChI is InChI=1S/C28H29N5O3/c1-18-9-10-22(15-19(18)2)26-24(17-33(30-26)23-7-5-4-6-8-23)28(35)32-13-11-21(12-14-32)27(34)29-25-16-20(3)36-31-25/h4-10,15-17,21H,11-14H2,1-3H3,(H,29,31,34). The summed E-state index contributed by atoms with van der Waals surface area (Å²) in [4.78, 5) is 28.2. The van der Waals surface area contributed by atoms with Crippen molar-refractivity contribution in [3.05, 3.63) is 83.2 Å². The maximum absolute atomic E-state index is 13.7. The molecular weight excluding hydrogens is 454 g/mol. The third-order valence-corrected chi connectivity index (χ3v) is 6.78. The fraction of sp³-hybridized carbons (Fsp3) is 0.286. The van der Waals surface area contributed by atoms with Crippen molar-refractivity contribution < 1.29 is 14.1 Å². The quantitative estimate of drug-likeness (QED) is 0.434. The van der Waals surface area contributed by atoms with Crippen LogP contribution in [0.5, 0.6) is 0 Å². The number of hydrogen-bond donors (Lipinski definition) is 1. The minimum Gasteiger partial charge on any atom is -0.360 e. The highest BCUT2D eigenvalue weighted by Crippen LogP contribution is 2.28. The van der Waals surface area contributed by atoms with E-state index < -0.39 is 0 Å². The lowest BCUT2D eigenvalue weighted by molar-refractivity contribution is -0.121. The molecule has 2 aromatic heterocycles. The van der Waals surface area contributed by atoms with Gasteiger partial charge in [-0.15, -0.1) is 0 Å². The summed E-state index contributed by atoms with van der Waals surface area (Å²) in [5.41, 5.74) is 5.36. The minimum absolute atomic E-state index is 0.0728. The van der Waals surface area contributed by atoms with Gasteiger partial charge in [-0.25, -0.2) is 4.68 Å². The second kappa shape index (κ2) is 9.81. The summed E-state index contributed by atoms with van der Waals surface area (Å²) in [5.74, 6) is 0.709. The summed E-state index contributed by atoms with van der Waals surface area (Å²) in [7, 11) is 0. The molecule has 0 atom stereocenters. The van der Waals surface area contributed by atoms with Crippen molar-refractivity contribution in [1.29, 1.82) is 0 Å². The van der Waals surface area contributed by atoms with Gasteiger partial charge in [-0.05, 0) is 62.9 Å². The number of carbonyl (C=O) groups excluding carboxylic acids is 2. The molecule has 0 unspecified atom stereocenters. The average Bonchev–Trinajstić information content (AvgIpc) is 3.52. The maximum atomic E-state index is 13.7. The second-order valence-electron chi connectivity index (χ2n) is 9.35. The Morgan fingerprint density at radius 1 is 0.972 bits per heavy atom. The lowest BCUT2D eigenvalue weighted by atomic mass is 9.95. The van der Waals surface area contributed by atoms with Crippen LogP contribution in [0.25, 0.3) is 16.9 Å². The number of hydrogen-bond acceptors (Lipinski definition) is 5. The Hall–Kier alpha value is -4.20. The number of amides is 2. The number of benzene rings is 2. The van der Waals surface area contributed by atoms with E-state index >= 15 is 0 Å². The van der Waals surface area contributed by atoms with E-state index in [2.05, 4.69) is 36.5 Å². The molecule has 0 spiro atoms. The summed E-state index contributed by atoms with van der Waals surface area (Å²) in [6, 6.07) is 17.6. The highest BCUT2D eigenvalue weighted by Gasteiger charge is 2.30. The van der Waals surface area contributed by atoms with Crippen LogP contribution < -0.4 is 5.32 Å². The fourth-order valence-corrected chi connectivity index (χ4v) is 4.51. The van der Waals surface area contributed by atoms with E-state index in [0.717, 1.165) is 16.8 Å². The highest BCUT2D eigenvalue weighted by molar-refractivity contribution is 6.00. The van der Waals surface area contributed by atoms with Crippen molar-refractivity contribution in [3.8, 4) is 16.9 Å². The van der Waals surface area contributed by atoms with Crippen molar-refractivity contribution in [2.24, 2.45) is 5.92 Å². The van der Waals surface area contributed by atoms with Crippen molar-refractivity contribution in [3.63, 3.8) is 0 Å². The number of carbonyl (C=O) groups is 2. The summed E-state index contributed by atoms with van der Waals surface area (Å²) >= 11 is 0. The van der Waals surface area contributed by atoms with E-state index in [1.54, 1.807) is 17.7 Å². The summed E-state index contributed by atoms with van der Waals surface area (Å²) in [5, 5.41) is 11.5. The molecule has 4 aromatic rings. The molecule has 1 aliphatic heterocycles. The Bertz CT molecular complexity index is 1400. The van der Waals surface area contributed by atoms with Gasteiger partial charge in [0, 0.05) is 36.8 Å². The second-order valence-corrected chi connectivity index (χ2v) is 9.35. The number of anilines is 1. The Balaban J connectivity index is 1.36. The molecule has 8 heteroatoms. The SMILES string of the molecule is Cc1cc(NC(=O)C2CCN(C(=O)c3cn(-c4ccccc4)nc3-c3ccc(C)c(C)c3)CC2)no1. The molecule has 5 rings (SSSR count). The van der Waals surface area contributed by atoms with Crippen LogP contribution in [0.1, 0.15) is 40.1 Å². The third-order valence-electron chi connectivity index (χ3n) is 6.78. The van der Waals surface area contributed by atoms with Crippen LogP contribution in [0, 0.1) is 26.7 Å². The van der Waals surface area contributed by atoms with Gasteiger partial charge in [0.05, 0.1) is 11.3 Å². The predicted octanol–water partition coefficient (Wildman–Crippen LogP) is 4.94. The molecule has 1 fully saturated rings. The monoisotopic (exact) mass is 483 g/mol. The molecule has 2 amide bonds. The van der Waals surface area contributed by atoms with Gasteiger partial charge in [-0.3, -0.25) is 9.59 Å². The number of rotatable bonds is 5. The van der Waals surface area contributed by atoms with Gasteiger partial charge in [-0.2, -0.15) is 5.10 Å². The van der Waals surface area contributed by atoms with Crippen molar-refractivity contribution in [2.45, 2.75) is 33.6 Å². The molecule has 2 aromatic carbocycles. The number of aryl methyl sites for hydroxylation is 3. The van der Waals surface area contributed by atoms with E-state index in [9.17, 15) is 9.59 Å². The summed E-state index contributed by atoms with van der Waals surface area (Å²) in [6.45, 7) is 6.90. The number of nitrogens with one attached hydrogen (secondary N) is 1. The van der Waals surface area contributed by atoms with Crippen LogP contribution in [-0.2, 0) is 4.79 Å². The van der Waals surface area contributed by atoms with E-state index in [1.807, 2.05) is 47.5 Å². The predicted molar refractivity (Wildman–Crippen MR) is 137 cm³/mol. The highest BCUT2D eigenvalue weighted by atomic mass is 16.5. The zero-order valence-corrected chi connectivity index (χ0v) is 20.7. The number of piperidine rings is 1. The molecule has 1 N–H and O–H groups in total. The molecule has 0 aliphatic carbocycles. The first-order chi connectivity index (χ1) is 17.4. The molecule has 1 aliphatic rings. The van der Waals surface area contributed by atoms with Gasteiger partial charge in [-0.1, -0.05) is 35.5 Å². The Labute approximate surface area is 209 Å². The van der Waals surface area contributed by atoms with E-state index in [0.29, 0.717) is 48.8 Å². The first-order valence-electron chi connectivity index (χ1n) is 12.1. The van der Waals surface area contributed by atoms with Gasteiger partial charge in [0.2, 0.25) is 5.91 Å². The molecule has 3 heterocycles. The average molecular weight is 484 g/mol. The molecule has 36 heavy (non-hydrogen) atoms. The topological polar surface area (TPSA) is 93.3 Å². The molecule has 0 radical (unpaired) electrons. The van der Waals surface area contributed by atoms with Crippen molar-refractivity contribution >= 4 is 17.6 Å². The van der Waals surface area contributed by atoms with Crippen LogP contribution in [-0.4, -0.2) is 44.7 Å². The molecule has 184 valence electrons. The third kappa shape index (κ3) is 4.79. The van der Waals surface area contributed by atoms with Crippen LogP contribution in [0.2, 0.25) is 0 Å². The van der Waals surface area contributed by atoms with Gasteiger partial charge < -0.3 is 14.7 Å². The van der Waals surface area contributed by atoms with E-state index in [1.165, 1.54) is 5.56 Å². The van der Waals surface area contributed by atoms with Crippen LogP contribution in [0.4, 0.5) is 5.82 Å². The number of nitrogens with zero attached hydrogens (tertiary/aromatic N) is 4. The van der Waals surface area contributed by atoms with Crippen LogP contribution >= 0.6 is 0 Å². The van der Waals surface area contributed by atoms with Gasteiger partial charge in [0.15, 0.2) is 5.82 Å². The van der Waals surface area contributed by atoms with Gasteiger partial charge in [0.1, 0.15) is 11.5 Å². The lowest BCUT2D eigenvalue weighted by Crippen LogP contribution is -2.41. The zero-order chi connectivity index (χ0) is 25.2. The number of likely N-dealkylation sites (tertiary alicyclic amines) is 1. The van der Waals surface area contributed by atoms with Crippen LogP contribution in [0.3, 0.4) is 0 Å². The zero-order valence-electron chi connectivity index (χ0n) is 20.7. The smallest absolute Gasteiger partial charge is 0.257 e. The van der Waals surface area contributed by atoms with Gasteiger partial charge in [0.25, 0.3) is 5.91 Å². The van der Waals surface area contributed by atoms with Gasteiger partial charge >= 0.3 is 0 Å². The number of para-hydroxylation sites is 1. The summed E-state index contributed by atoms with van der Waals surface area (Å²) in [6.07, 6.45) is 2.98. The molecule has 0 saturated carbocycles. The van der Waals surface area contributed by atoms with Crippen LogP contribution in [0.15, 0.2) is 65.3 Å². The van der Waals surface area contributed by atoms with Crippen molar-refractivity contribution in [1.82, 2.24) is 19.8 Å². The first kappa shape index (κ1) is 23.5. The van der Waals surface area contributed by atoms with Crippen molar-refractivity contribution in [2.75, 3.05) is 18.4 Å². The lowest BCUT2D eigenvalue weighted by Gasteiger charge is -2.31. The maximum Gasteiger partial charge on any atom is 0.257 e. The fourth-order valence-electron chi connectivity index (χ4n) is 4.51. The molecular formula is C28H29N5O3. The molecule has 1 saturated heterocycles. The Kier molecular flexibility index (Phi) is 6.41. The first-order valence-corrected chi connectivity index (χ1v) is 12.1. The summed E-state index contributed by atoms with van der Waals surface area (Å²) < 4.78 is 6.78. The normalized spacial score (nSPS) is 14.1. The Morgan fingerprint density at radius 2 is 1.72 bits per heavy atom. The van der Waals surface area contributed by atoms with E-state index in [4.69, 9.17) is 9.62 Å². The number of aromatic nitrogens is 3. The molecule has 0 bridgehead atoms. The largest absolute Gasteiger partial charge is 0.360 e. The van der Waals surface area contributed by atoms with E-state index in [-0.39, 0.29) is 17.7 Å². The molecule has 8 nitrogen and oxygen atoms in total.